The first-order valence-electron chi connectivity index (χ1n) is 2.90. The molecule has 0 saturated heterocycles. The summed E-state index contributed by atoms with van der Waals surface area (Å²) in [5, 5.41) is 3.63. The molecule has 0 N–H and O–H groups in total. The average Bonchev–Trinajstić information content (AvgIpc) is 2.20. The lowest BCUT2D eigenvalue weighted by Gasteiger charge is -1.89. The third kappa shape index (κ3) is 1.07. The fourth-order valence-corrected chi connectivity index (χ4v) is 0.654. The lowest BCUT2D eigenvalue weighted by atomic mass is 10.7. The number of aromatic nitrogens is 3. The zero-order valence-corrected chi connectivity index (χ0v) is 5.62. The molecule has 1 aromatic heterocycles. The van der Waals surface area contributed by atoms with Gasteiger partial charge in [-0.05, 0) is 0 Å². The van der Waals surface area contributed by atoms with E-state index in [1.54, 1.807) is 7.05 Å². The normalized spacial score (nSPS) is 10.2. The fraction of sp³-hybridized carbons (Fsp3) is 0.600. The Balaban J connectivity index is 2.95. The number of nitrogens with zero attached hydrogens (tertiary/aromatic N) is 3. The third-order valence-electron chi connectivity index (χ3n) is 1.18. The molecule has 0 atom stereocenters. The molecule has 1 rings (SSSR count). The van der Waals surface area contributed by atoms with Crippen LogP contribution in [0.5, 0.6) is 0 Å². The predicted octanol–water partition coefficient (Wildman–Crippen LogP) is -0.449. The highest BCUT2D eigenvalue weighted by Crippen LogP contribution is 1.76. The highest BCUT2D eigenvalue weighted by Gasteiger charge is 1.98. The zero-order valence-electron chi connectivity index (χ0n) is 5.62. The Kier molecular flexibility index (Phi) is 1.84. The minimum atomic E-state index is -0.559. The Morgan fingerprint density at radius 2 is 2.50 bits per heavy atom. The Morgan fingerprint density at radius 3 is 2.90 bits per heavy atom. The van der Waals surface area contributed by atoms with Crippen molar-refractivity contribution >= 4 is 0 Å². The second-order valence-electron chi connectivity index (χ2n) is 1.94. The van der Waals surface area contributed by atoms with Crippen molar-refractivity contribution in [3.63, 3.8) is 0 Å². The van der Waals surface area contributed by atoms with Crippen molar-refractivity contribution in [2.75, 3.05) is 6.67 Å². The molecule has 1 heterocycles. The molecule has 0 unspecified atom stereocenters. The van der Waals surface area contributed by atoms with Gasteiger partial charge in [-0.2, -0.15) is 5.10 Å². The predicted molar refractivity (Wildman–Crippen MR) is 33.4 cm³/mol. The van der Waals surface area contributed by atoms with Crippen molar-refractivity contribution in [1.82, 2.24) is 14.3 Å². The van der Waals surface area contributed by atoms with Crippen LogP contribution in [-0.2, 0) is 13.6 Å². The van der Waals surface area contributed by atoms with Gasteiger partial charge >= 0.3 is 5.69 Å². The van der Waals surface area contributed by atoms with Crippen LogP contribution in [-0.4, -0.2) is 21.0 Å². The second kappa shape index (κ2) is 2.64. The number of halogens is 1. The molecule has 0 spiro atoms. The molecule has 56 valence electrons. The molecule has 0 saturated carbocycles. The van der Waals surface area contributed by atoms with E-state index >= 15 is 0 Å². The van der Waals surface area contributed by atoms with Crippen LogP contribution in [0.25, 0.3) is 0 Å². The molecule has 0 aliphatic carbocycles. The van der Waals surface area contributed by atoms with Crippen LogP contribution >= 0.6 is 0 Å². The monoisotopic (exact) mass is 145 g/mol. The van der Waals surface area contributed by atoms with E-state index in [1.165, 1.54) is 10.9 Å². The van der Waals surface area contributed by atoms with Gasteiger partial charge in [0.15, 0.2) is 0 Å². The summed E-state index contributed by atoms with van der Waals surface area (Å²) in [4.78, 5) is 10.9. The summed E-state index contributed by atoms with van der Waals surface area (Å²) < 4.78 is 14.0. The van der Waals surface area contributed by atoms with Crippen LogP contribution in [0, 0.1) is 0 Å². The molecule has 5 heteroatoms. The van der Waals surface area contributed by atoms with Gasteiger partial charge in [0, 0.05) is 7.05 Å². The third-order valence-corrected chi connectivity index (χ3v) is 1.18. The molecular weight excluding hydrogens is 137 g/mol. The molecule has 0 aliphatic rings. The first-order valence-corrected chi connectivity index (χ1v) is 2.90. The second-order valence-corrected chi connectivity index (χ2v) is 1.94. The Morgan fingerprint density at radius 1 is 1.80 bits per heavy atom. The van der Waals surface area contributed by atoms with Crippen LogP contribution in [0.15, 0.2) is 11.1 Å². The van der Waals surface area contributed by atoms with Crippen molar-refractivity contribution in [2.24, 2.45) is 7.05 Å². The fourth-order valence-electron chi connectivity index (χ4n) is 0.654. The summed E-state index contributed by atoms with van der Waals surface area (Å²) >= 11 is 0. The molecule has 0 aromatic carbocycles. The highest BCUT2D eigenvalue weighted by atomic mass is 19.1. The van der Waals surface area contributed by atoms with E-state index in [2.05, 4.69) is 5.10 Å². The van der Waals surface area contributed by atoms with Gasteiger partial charge in [0.05, 0.1) is 6.54 Å². The molecule has 0 radical (unpaired) electrons. The quantitative estimate of drug-likeness (QED) is 0.565. The summed E-state index contributed by atoms with van der Waals surface area (Å²) in [7, 11) is 1.57. The van der Waals surface area contributed by atoms with E-state index in [-0.39, 0.29) is 12.2 Å². The van der Waals surface area contributed by atoms with Crippen LogP contribution in [0.2, 0.25) is 0 Å². The summed E-state index contributed by atoms with van der Waals surface area (Å²) in [6, 6.07) is 0. The number of alkyl halides is 1. The van der Waals surface area contributed by atoms with Crippen LogP contribution in [0.3, 0.4) is 0 Å². The topological polar surface area (TPSA) is 39.8 Å². The standard InChI is InChI=1S/C5H8FN3O/c1-8-4-7-9(3-2-6)5(8)10/h4H,2-3H2,1H3. The smallest absolute Gasteiger partial charge is 0.285 e. The number of aryl methyl sites for hydroxylation is 2. The van der Waals surface area contributed by atoms with E-state index in [0.717, 1.165) is 4.68 Å². The molecule has 0 amide bonds. The zero-order chi connectivity index (χ0) is 7.56. The van der Waals surface area contributed by atoms with Crippen molar-refractivity contribution in [3.05, 3.63) is 16.8 Å². The van der Waals surface area contributed by atoms with E-state index in [1.807, 2.05) is 0 Å². The minimum absolute atomic E-state index is 0.0413. The van der Waals surface area contributed by atoms with Crippen LogP contribution in [0.4, 0.5) is 4.39 Å². The first-order chi connectivity index (χ1) is 4.75. The van der Waals surface area contributed by atoms with Gasteiger partial charge in [-0.3, -0.25) is 4.57 Å². The van der Waals surface area contributed by atoms with Gasteiger partial charge in [0.1, 0.15) is 13.0 Å². The van der Waals surface area contributed by atoms with Gasteiger partial charge < -0.3 is 0 Å². The lowest BCUT2D eigenvalue weighted by Crippen LogP contribution is -2.23. The molecular formula is C5H8FN3O. The summed E-state index contributed by atoms with van der Waals surface area (Å²) in [6.07, 6.45) is 1.36. The molecule has 1 aromatic rings. The first kappa shape index (κ1) is 6.98. The van der Waals surface area contributed by atoms with E-state index in [4.69, 9.17) is 0 Å². The summed E-state index contributed by atoms with van der Waals surface area (Å²) in [5.41, 5.74) is -0.280. The Labute approximate surface area is 56.9 Å². The maximum absolute atomic E-state index is 11.7. The maximum atomic E-state index is 11.7. The van der Waals surface area contributed by atoms with Crippen molar-refractivity contribution < 1.29 is 4.39 Å². The van der Waals surface area contributed by atoms with Gasteiger partial charge in [-0.1, -0.05) is 0 Å². The molecule has 0 aliphatic heterocycles. The van der Waals surface area contributed by atoms with Gasteiger partial charge in [0.2, 0.25) is 0 Å². The maximum Gasteiger partial charge on any atom is 0.345 e. The number of hydrogen-bond donors (Lipinski definition) is 0. The minimum Gasteiger partial charge on any atom is -0.285 e. The molecule has 0 fully saturated rings. The van der Waals surface area contributed by atoms with E-state index in [0.29, 0.717) is 0 Å². The summed E-state index contributed by atoms with van der Waals surface area (Å²) in [5.74, 6) is 0. The van der Waals surface area contributed by atoms with E-state index < -0.39 is 6.67 Å². The average molecular weight is 145 g/mol. The summed E-state index contributed by atoms with van der Waals surface area (Å²) in [6.45, 7) is -0.517. The van der Waals surface area contributed by atoms with Crippen LogP contribution < -0.4 is 5.69 Å². The number of rotatable bonds is 2. The van der Waals surface area contributed by atoms with Gasteiger partial charge in [-0.15, -0.1) is 0 Å². The lowest BCUT2D eigenvalue weighted by molar-refractivity contribution is 0.419. The molecule has 0 bridgehead atoms. The number of hydrogen-bond acceptors (Lipinski definition) is 2. The SMILES string of the molecule is Cn1cnn(CCF)c1=O. The van der Waals surface area contributed by atoms with Crippen molar-refractivity contribution in [1.29, 1.82) is 0 Å². The molecule has 10 heavy (non-hydrogen) atoms. The Bertz CT molecular complexity index is 264. The van der Waals surface area contributed by atoms with Crippen LogP contribution in [0.1, 0.15) is 0 Å². The van der Waals surface area contributed by atoms with E-state index in [9.17, 15) is 9.18 Å². The Hall–Kier alpha value is -1.13. The van der Waals surface area contributed by atoms with Gasteiger partial charge in [-0.25, -0.2) is 13.9 Å². The highest BCUT2D eigenvalue weighted by molar-refractivity contribution is 4.64. The van der Waals surface area contributed by atoms with Crippen molar-refractivity contribution in [3.8, 4) is 0 Å². The largest absolute Gasteiger partial charge is 0.345 e. The molecule has 4 nitrogen and oxygen atoms in total. The van der Waals surface area contributed by atoms with Gasteiger partial charge in [0.25, 0.3) is 0 Å². The van der Waals surface area contributed by atoms with Crippen molar-refractivity contribution in [2.45, 2.75) is 6.54 Å².